The predicted octanol–water partition coefficient (Wildman–Crippen LogP) is 2.78. The van der Waals surface area contributed by atoms with Gasteiger partial charge in [-0.1, -0.05) is 36.4 Å². The van der Waals surface area contributed by atoms with Gasteiger partial charge in [-0.25, -0.2) is 0 Å². The number of phenols is 1. The summed E-state index contributed by atoms with van der Waals surface area (Å²) in [5.74, 6) is -2.38. The van der Waals surface area contributed by atoms with Gasteiger partial charge in [0.2, 0.25) is 6.29 Å². The molecule has 0 aromatic heterocycles. The molecule has 10 heteroatoms. The zero-order chi connectivity index (χ0) is 29.6. The summed E-state index contributed by atoms with van der Waals surface area (Å²) in [5, 5.41) is 41.6. The van der Waals surface area contributed by atoms with E-state index in [1.54, 1.807) is 12.2 Å². The van der Waals surface area contributed by atoms with E-state index in [0.29, 0.717) is 0 Å². The van der Waals surface area contributed by atoms with Gasteiger partial charge in [-0.15, -0.1) is 0 Å². The Morgan fingerprint density at radius 2 is 1.56 bits per heavy atom. The van der Waals surface area contributed by atoms with Gasteiger partial charge in [0.15, 0.2) is 11.6 Å². The van der Waals surface area contributed by atoms with Gasteiger partial charge in [0, 0.05) is 34.7 Å². The van der Waals surface area contributed by atoms with Crippen molar-refractivity contribution < 1.29 is 49.0 Å². The molecule has 212 valence electrons. The normalized spacial score (nSPS) is 23.7. The number of ketones is 2. The maximum atomic E-state index is 14.0. The highest BCUT2D eigenvalue weighted by Gasteiger charge is 2.44. The molecule has 41 heavy (non-hydrogen) atoms. The van der Waals surface area contributed by atoms with Gasteiger partial charge in [0.1, 0.15) is 35.6 Å². The Bertz CT molecular complexity index is 1580. The highest BCUT2D eigenvalue weighted by Crippen LogP contribution is 2.43. The van der Waals surface area contributed by atoms with Crippen molar-refractivity contribution in [2.75, 3.05) is 0 Å². The van der Waals surface area contributed by atoms with E-state index in [4.69, 9.17) is 14.2 Å². The molecule has 1 heterocycles. The quantitative estimate of drug-likeness (QED) is 0.162. The van der Waals surface area contributed by atoms with E-state index >= 15 is 0 Å². The molecule has 5 atom stereocenters. The number of hydrogen-bond acceptors (Lipinski definition) is 10. The third-order valence-electron chi connectivity index (χ3n) is 7.20. The Kier molecular flexibility index (Phi) is 7.50. The number of esters is 1. The van der Waals surface area contributed by atoms with Crippen LogP contribution in [0.2, 0.25) is 0 Å². The van der Waals surface area contributed by atoms with E-state index in [9.17, 15) is 34.8 Å². The summed E-state index contributed by atoms with van der Waals surface area (Å²) in [5.41, 5.74) is 0.692. The third-order valence-corrected chi connectivity index (χ3v) is 7.20. The number of rotatable bonds is 5. The monoisotopic (exact) mass is 560 g/mol. The first-order valence-electron chi connectivity index (χ1n) is 12.9. The van der Waals surface area contributed by atoms with Crippen molar-refractivity contribution in [1.29, 1.82) is 0 Å². The van der Waals surface area contributed by atoms with Crippen molar-refractivity contribution in [3.63, 3.8) is 0 Å². The van der Waals surface area contributed by atoms with E-state index < -0.39 is 54.0 Å². The van der Waals surface area contributed by atoms with Crippen LogP contribution in [0.25, 0.3) is 12.2 Å². The number of carbonyl (C=O) groups excluding carboxylic acids is 3. The Morgan fingerprint density at radius 1 is 0.878 bits per heavy atom. The summed E-state index contributed by atoms with van der Waals surface area (Å²) < 4.78 is 16.6. The number of fused-ring (bicyclic) bond motifs is 2. The minimum Gasteiger partial charge on any atom is -0.507 e. The molecule has 1 saturated heterocycles. The van der Waals surface area contributed by atoms with Gasteiger partial charge in [0.05, 0.1) is 11.7 Å². The minimum atomic E-state index is -1.64. The summed E-state index contributed by atoms with van der Waals surface area (Å²) >= 11 is 0. The molecule has 1 aliphatic carbocycles. The smallest absolute Gasteiger partial charge is 0.308 e. The van der Waals surface area contributed by atoms with E-state index in [-0.39, 0.29) is 44.9 Å². The van der Waals surface area contributed by atoms with E-state index in [2.05, 4.69) is 0 Å². The molecule has 1 aliphatic heterocycles. The van der Waals surface area contributed by atoms with Crippen molar-refractivity contribution in [3.8, 4) is 17.2 Å². The lowest BCUT2D eigenvalue weighted by molar-refractivity contribution is -0.268. The Labute approximate surface area is 235 Å². The molecule has 10 nitrogen and oxygen atoms in total. The van der Waals surface area contributed by atoms with Crippen LogP contribution in [0.3, 0.4) is 0 Å². The van der Waals surface area contributed by atoms with Crippen LogP contribution in [-0.4, -0.2) is 68.7 Å². The molecule has 3 aromatic carbocycles. The van der Waals surface area contributed by atoms with Crippen LogP contribution in [0.5, 0.6) is 17.2 Å². The van der Waals surface area contributed by atoms with Crippen molar-refractivity contribution in [1.82, 2.24) is 0 Å². The fraction of sp³-hybridized carbons (Fsp3) is 0.258. The molecule has 0 saturated carbocycles. The second-order valence-electron chi connectivity index (χ2n) is 9.97. The van der Waals surface area contributed by atoms with Gasteiger partial charge in [0.25, 0.3) is 0 Å². The van der Waals surface area contributed by atoms with Crippen molar-refractivity contribution in [2.45, 2.75) is 51.5 Å². The van der Waals surface area contributed by atoms with E-state index in [1.807, 2.05) is 30.3 Å². The number of aromatic hydroxyl groups is 1. The summed E-state index contributed by atoms with van der Waals surface area (Å²) in [6.45, 7) is 4.16. The minimum absolute atomic E-state index is 0.0199. The largest absolute Gasteiger partial charge is 0.507 e. The van der Waals surface area contributed by atoms with Crippen molar-refractivity contribution in [2.24, 2.45) is 0 Å². The molecule has 5 rings (SSSR count). The first-order chi connectivity index (χ1) is 19.5. The van der Waals surface area contributed by atoms with Crippen molar-refractivity contribution in [3.05, 3.63) is 87.5 Å². The number of hydrogen-bond donors (Lipinski definition) is 4. The number of benzene rings is 3. The topological polar surface area (TPSA) is 160 Å². The predicted molar refractivity (Wildman–Crippen MR) is 146 cm³/mol. The number of aliphatic hydroxyl groups excluding tert-OH is 3. The Morgan fingerprint density at radius 3 is 2.24 bits per heavy atom. The van der Waals surface area contributed by atoms with Crippen LogP contribution < -0.4 is 9.47 Å². The SMILES string of the molecule is CC(=O)Oc1ccc2c(c1/C=C/c1ccccc1)C(=O)c1cc(O[C@H]3O[C@@H](C)[C@@H](O)[C@@H](O)[C@H]3O)c(C)c(O)c1C2=O. The third kappa shape index (κ3) is 5.02. The fourth-order valence-corrected chi connectivity index (χ4v) is 4.97. The molecule has 0 amide bonds. The summed E-state index contributed by atoms with van der Waals surface area (Å²) in [6.07, 6.45) is -3.61. The number of ether oxygens (including phenoxy) is 3. The molecule has 0 radical (unpaired) electrons. The molecule has 1 fully saturated rings. The van der Waals surface area contributed by atoms with Gasteiger partial charge in [-0.2, -0.15) is 0 Å². The summed E-state index contributed by atoms with van der Waals surface area (Å²) in [6, 6.07) is 13.2. The highest BCUT2D eigenvalue weighted by molar-refractivity contribution is 6.31. The zero-order valence-corrected chi connectivity index (χ0v) is 22.4. The molecular formula is C31H28O10. The average molecular weight is 561 g/mol. The summed E-state index contributed by atoms with van der Waals surface area (Å²) in [7, 11) is 0. The molecule has 0 spiro atoms. The molecule has 2 aliphatic rings. The highest BCUT2D eigenvalue weighted by atomic mass is 16.7. The van der Waals surface area contributed by atoms with Crippen LogP contribution in [0, 0.1) is 6.92 Å². The van der Waals surface area contributed by atoms with Gasteiger partial charge in [-0.05, 0) is 43.7 Å². The number of carbonyl (C=O) groups is 3. The van der Waals surface area contributed by atoms with Crippen LogP contribution in [0.4, 0.5) is 0 Å². The molecule has 4 N–H and O–H groups in total. The Hall–Kier alpha value is -4.35. The Balaban J connectivity index is 1.62. The van der Waals surface area contributed by atoms with E-state index in [0.717, 1.165) is 5.56 Å². The van der Waals surface area contributed by atoms with Crippen LogP contribution in [-0.2, 0) is 9.53 Å². The molecule has 0 unspecified atom stereocenters. The van der Waals surface area contributed by atoms with Gasteiger partial charge < -0.3 is 34.6 Å². The maximum absolute atomic E-state index is 14.0. The zero-order valence-electron chi connectivity index (χ0n) is 22.4. The average Bonchev–Trinajstić information content (AvgIpc) is 2.95. The second-order valence-corrected chi connectivity index (χ2v) is 9.97. The van der Waals surface area contributed by atoms with Crippen molar-refractivity contribution >= 4 is 29.7 Å². The van der Waals surface area contributed by atoms with Gasteiger partial charge >= 0.3 is 5.97 Å². The van der Waals surface area contributed by atoms with Crippen LogP contribution in [0.1, 0.15) is 62.4 Å². The second kappa shape index (κ2) is 10.9. The van der Waals surface area contributed by atoms with E-state index in [1.165, 1.54) is 39.0 Å². The lowest BCUT2D eigenvalue weighted by Crippen LogP contribution is -2.58. The fourth-order valence-electron chi connectivity index (χ4n) is 4.97. The van der Waals surface area contributed by atoms with Gasteiger partial charge in [-0.3, -0.25) is 14.4 Å². The first kappa shape index (κ1) is 28.2. The molecule has 3 aromatic rings. The standard InChI is InChI=1S/C31H28O10/c1-14-22(41-31-30(38)29(37)26(34)15(2)39-31)13-20-24(25(14)33)27(35)19-11-12-21(40-16(3)32)18(23(19)28(20)36)10-9-17-7-5-4-6-8-17/h4-13,15,26,29-31,33-34,37-38H,1-3H3/b10-9+/t15-,26+,29+,30+,31+/m0/s1. The lowest BCUT2D eigenvalue weighted by atomic mass is 9.80. The number of aliphatic hydroxyl groups is 3. The number of phenolic OH excluding ortho intramolecular Hbond substituents is 1. The van der Waals surface area contributed by atoms with Crippen LogP contribution >= 0.6 is 0 Å². The lowest BCUT2D eigenvalue weighted by Gasteiger charge is -2.39. The first-order valence-corrected chi connectivity index (χ1v) is 12.9. The van der Waals surface area contributed by atoms with Crippen LogP contribution in [0.15, 0.2) is 48.5 Å². The molecule has 0 bridgehead atoms. The maximum Gasteiger partial charge on any atom is 0.308 e. The summed E-state index contributed by atoms with van der Waals surface area (Å²) in [4.78, 5) is 39.5. The molecular weight excluding hydrogens is 532 g/mol.